The maximum atomic E-state index is 11.8. The molecule has 96 valence electrons. The summed E-state index contributed by atoms with van der Waals surface area (Å²) in [6.45, 7) is 2.50. The summed E-state index contributed by atoms with van der Waals surface area (Å²) in [6.07, 6.45) is 0. The van der Waals surface area contributed by atoms with Crippen LogP contribution in [0.25, 0.3) is 0 Å². The van der Waals surface area contributed by atoms with Crippen molar-refractivity contribution in [3.8, 4) is 0 Å². The molecule has 1 amide bonds. The first-order valence-electron chi connectivity index (χ1n) is 5.83. The van der Waals surface area contributed by atoms with Crippen LogP contribution in [0.2, 0.25) is 0 Å². The number of ether oxygens (including phenoxy) is 1. The molecule has 1 aromatic rings. The zero-order valence-corrected chi connectivity index (χ0v) is 11.6. The molecule has 1 saturated heterocycles. The van der Waals surface area contributed by atoms with Gasteiger partial charge in [-0.05, 0) is 24.6 Å². The Balaban J connectivity index is 2.23. The molecule has 0 saturated carbocycles. The van der Waals surface area contributed by atoms with Gasteiger partial charge in [-0.25, -0.2) is 0 Å². The molecule has 1 heterocycles. The lowest BCUT2D eigenvalue weighted by molar-refractivity contribution is -0.151. The number of carbonyl (C=O) groups excluding carboxylic acids is 2. The van der Waals surface area contributed by atoms with Crippen molar-refractivity contribution >= 4 is 27.8 Å². The van der Waals surface area contributed by atoms with Gasteiger partial charge >= 0.3 is 5.97 Å². The van der Waals surface area contributed by atoms with Gasteiger partial charge in [0.1, 0.15) is 5.92 Å². The second kappa shape index (κ2) is 5.52. The summed E-state index contributed by atoms with van der Waals surface area (Å²) in [6, 6.07) is 7.64. The van der Waals surface area contributed by atoms with Crippen LogP contribution < -0.4 is 5.32 Å². The molecular formula is C13H14BrNO3. The minimum absolute atomic E-state index is 0.148. The normalized spacial score (nSPS) is 22.7. The minimum atomic E-state index is -0.730. The largest absolute Gasteiger partial charge is 0.465 e. The van der Waals surface area contributed by atoms with Crippen LogP contribution in [0.3, 0.4) is 0 Å². The van der Waals surface area contributed by atoms with Gasteiger partial charge in [0.15, 0.2) is 0 Å². The number of carbonyl (C=O) groups is 2. The van der Waals surface area contributed by atoms with Gasteiger partial charge in [-0.1, -0.05) is 28.1 Å². The van der Waals surface area contributed by atoms with E-state index in [2.05, 4.69) is 21.2 Å². The topological polar surface area (TPSA) is 55.4 Å². The molecule has 1 unspecified atom stereocenters. The van der Waals surface area contributed by atoms with Crippen LogP contribution in [0.1, 0.15) is 18.4 Å². The Morgan fingerprint density at radius 1 is 1.44 bits per heavy atom. The highest BCUT2D eigenvalue weighted by atomic mass is 79.9. The molecule has 0 radical (unpaired) electrons. The highest BCUT2D eigenvalue weighted by molar-refractivity contribution is 9.10. The fraction of sp³-hybridized carbons (Fsp3) is 0.385. The first kappa shape index (κ1) is 13.1. The second-order valence-electron chi connectivity index (χ2n) is 4.13. The lowest BCUT2D eigenvalue weighted by atomic mass is 9.88. The van der Waals surface area contributed by atoms with Crippen molar-refractivity contribution < 1.29 is 14.3 Å². The number of nitrogens with one attached hydrogen (secondary N) is 1. The third-order valence-corrected chi connectivity index (χ3v) is 3.55. The summed E-state index contributed by atoms with van der Waals surface area (Å²) in [5.74, 6) is -1.57. The van der Waals surface area contributed by atoms with Crippen LogP contribution in [-0.2, 0) is 14.3 Å². The molecule has 0 bridgehead atoms. The van der Waals surface area contributed by atoms with Crippen LogP contribution in [0.5, 0.6) is 0 Å². The Morgan fingerprint density at radius 2 is 2.11 bits per heavy atom. The number of hydrogen-bond donors (Lipinski definition) is 1. The molecule has 5 heteroatoms. The SMILES string of the molecule is CCOC(=O)C1C(=O)NC[C@H]1c1ccc(Br)cc1. The Labute approximate surface area is 114 Å². The van der Waals surface area contributed by atoms with E-state index < -0.39 is 11.9 Å². The number of benzene rings is 1. The van der Waals surface area contributed by atoms with E-state index in [9.17, 15) is 9.59 Å². The van der Waals surface area contributed by atoms with E-state index >= 15 is 0 Å². The molecule has 1 aliphatic heterocycles. The average Bonchev–Trinajstić information content (AvgIpc) is 2.72. The van der Waals surface area contributed by atoms with Gasteiger partial charge in [0.25, 0.3) is 0 Å². The molecule has 1 aromatic carbocycles. The van der Waals surface area contributed by atoms with Crippen molar-refractivity contribution in [2.75, 3.05) is 13.2 Å². The van der Waals surface area contributed by atoms with Crippen LogP contribution >= 0.6 is 15.9 Å². The van der Waals surface area contributed by atoms with Crippen LogP contribution in [0.15, 0.2) is 28.7 Å². The monoisotopic (exact) mass is 311 g/mol. The summed E-state index contributed by atoms with van der Waals surface area (Å²) in [7, 11) is 0. The summed E-state index contributed by atoms with van der Waals surface area (Å²) in [5.41, 5.74) is 0.967. The van der Waals surface area contributed by atoms with Crippen molar-refractivity contribution in [1.29, 1.82) is 0 Å². The highest BCUT2D eigenvalue weighted by Gasteiger charge is 2.41. The molecule has 0 spiro atoms. The predicted molar refractivity (Wildman–Crippen MR) is 70.0 cm³/mol. The summed E-state index contributed by atoms with van der Waals surface area (Å²) >= 11 is 3.36. The van der Waals surface area contributed by atoms with E-state index in [0.29, 0.717) is 6.54 Å². The van der Waals surface area contributed by atoms with Gasteiger partial charge in [-0.3, -0.25) is 9.59 Å². The molecule has 1 aliphatic rings. The Morgan fingerprint density at radius 3 is 2.72 bits per heavy atom. The van der Waals surface area contributed by atoms with Gasteiger partial charge < -0.3 is 10.1 Å². The van der Waals surface area contributed by atoms with E-state index in [-0.39, 0.29) is 18.4 Å². The van der Waals surface area contributed by atoms with Crippen LogP contribution in [-0.4, -0.2) is 25.0 Å². The van der Waals surface area contributed by atoms with Gasteiger partial charge in [0.2, 0.25) is 5.91 Å². The van der Waals surface area contributed by atoms with E-state index in [1.807, 2.05) is 24.3 Å². The number of esters is 1. The quantitative estimate of drug-likeness (QED) is 0.684. The summed E-state index contributed by atoms with van der Waals surface area (Å²) in [4.78, 5) is 23.5. The fourth-order valence-electron chi connectivity index (χ4n) is 2.14. The van der Waals surface area contributed by atoms with E-state index in [1.54, 1.807) is 6.92 Å². The Kier molecular flexibility index (Phi) is 4.01. The number of amides is 1. The molecular weight excluding hydrogens is 298 g/mol. The third-order valence-electron chi connectivity index (χ3n) is 3.02. The van der Waals surface area contributed by atoms with Gasteiger partial charge in [0, 0.05) is 16.9 Å². The molecule has 18 heavy (non-hydrogen) atoms. The Bertz CT molecular complexity index is 458. The summed E-state index contributed by atoms with van der Waals surface area (Å²) in [5, 5.41) is 2.72. The standard InChI is InChI=1S/C13H14BrNO3/c1-2-18-13(17)11-10(7-15-12(11)16)8-3-5-9(14)6-4-8/h3-6,10-11H,2,7H2,1H3,(H,15,16)/t10-,11?/m0/s1. The number of halogens is 1. The van der Waals surface area contributed by atoms with Crippen molar-refractivity contribution in [3.63, 3.8) is 0 Å². The zero-order chi connectivity index (χ0) is 13.1. The zero-order valence-electron chi connectivity index (χ0n) is 9.98. The van der Waals surface area contributed by atoms with E-state index in [4.69, 9.17) is 4.74 Å². The first-order chi connectivity index (χ1) is 8.63. The Hall–Kier alpha value is -1.36. The third kappa shape index (κ3) is 2.56. The van der Waals surface area contributed by atoms with E-state index in [0.717, 1.165) is 10.0 Å². The van der Waals surface area contributed by atoms with Crippen molar-refractivity contribution in [1.82, 2.24) is 5.32 Å². The lowest BCUT2D eigenvalue weighted by Crippen LogP contribution is -2.28. The van der Waals surface area contributed by atoms with Crippen LogP contribution in [0.4, 0.5) is 0 Å². The van der Waals surface area contributed by atoms with Crippen molar-refractivity contribution in [2.24, 2.45) is 5.92 Å². The van der Waals surface area contributed by atoms with Crippen molar-refractivity contribution in [3.05, 3.63) is 34.3 Å². The van der Waals surface area contributed by atoms with E-state index in [1.165, 1.54) is 0 Å². The average molecular weight is 312 g/mol. The molecule has 1 fully saturated rings. The lowest BCUT2D eigenvalue weighted by Gasteiger charge is -2.15. The minimum Gasteiger partial charge on any atom is -0.465 e. The molecule has 4 nitrogen and oxygen atoms in total. The van der Waals surface area contributed by atoms with Gasteiger partial charge in [-0.2, -0.15) is 0 Å². The molecule has 1 N–H and O–H groups in total. The number of rotatable bonds is 3. The maximum absolute atomic E-state index is 11.8. The van der Waals surface area contributed by atoms with Crippen LogP contribution in [0, 0.1) is 5.92 Å². The molecule has 0 aliphatic carbocycles. The predicted octanol–water partition coefficient (Wildman–Crippen LogP) is 1.84. The van der Waals surface area contributed by atoms with Crippen molar-refractivity contribution in [2.45, 2.75) is 12.8 Å². The second-order valence-corrected chi connectivity index (χ2v) is 5.05. The first-order valence-corrected chi connectivity index (χ1v) is 6.62. The smallest absolute Gasteiger partial charge is 0.319 e. The highest BCUT2D eigenvalue weighted by Crippen LogP contribution is 2.30. The van der Waals surface area contributed by atoms with Gasteiger partial charge in [0.05, 0.1) is 6.61 Å². The summed E-state index contributed by atoms with van der Waals surface area (Å²) < 4.78 is 5.93. The molecule has 2 rings (SSSR count). The fourth-order valence-corrected chi connectivity index (χ4v) is 2.41. The molecule has 0 aromatic heterocycles. The molecule has 2 atom stereocenters. The van der Waals surface area contributed by atoms with Gasteiger partial charge in [-0.15, -0.1) is 0 Å². The number of hydrogen-bond acceptors (Lipinski definition) is 3. The maximum Gasteiger partial charge on any atom is 0.319 e.